The van der Waals surface area contributed by atoms with Crippen LogP contribution in [0, 0.1) is 17.8 Å². The molecule has 2 saturated carbocycles. The van der Waals surface area contributed by atoms with Crippen LogP contribution in [0.3, 0.4) is 0 Å². The Morgan fingerprint density at radius 1 is 0.970 bits per heavy atom. The fourth-order valence-electron chi connectivity index (χ4n) is 5.45. The Kier molecular flexibility index (Phi) is 7.71. The average molecular weight is 454 g/mol. The number of benzene rings is 1. The molecule has 1 heterocycles. The molecule has 1 aromatic rings. The molecule has 0 radical (unpaired) electrons. The van der Waals surface area contributed by atoms with Crippen molar-refractivity contribution in [3.8, 4) is 0 Å². The summed E-state index contributed by atoms with van der Waals surface area (Å²) >= 11 is 0. The molecule has 1 aromatic carbocycles. The molecule has 4 unspecified atom stereocenters. The van der Waals surface area contributed by atoms with Crippen molar-refractivity contribution >= 4 is 17.7 Å². The molecular formula is C27H39N3O3. The second kappa shape index (κ2) is 10.7. The topological polar surface area (TPSA) is 69.7 Å². The van der Waals surface area contributed by atoms with E-state index in [2.05, 4.69) is 24.4 Å². The van der Waals surface area contributed by atoms with Gasteiger partial charge >= 0.3 is 0 Å². The number of amides is 3. The quantitative estimate of drug-likeness (QED) is 0.686. The molecule has 0 spiro atoms. The first-order valence-corrected chi connectivity index (χ1v) is 12.9. The summed E-state index contributed by atoms with van der Waals surface area (Å²) in [6, 6.07) is 9.65. The van der Waals surface area contributed by atoms with Gasteiger partial charge < -0.3 is 15.1 Å². The largest absolute Gasteiger partial charge is 0.344 e. The van der Waals surface area contributed by atoms with Crippen LogP contribution >= 0.6 is 0 Å². The minimum absolute atomic E-state index is 0.000577. The van der Waals surface area contributed by atoms with Crippen molar-refractivity contribution in [2.24, 2.45) is 17.8 Å². The fourth-order valence-corrected chi connectivity index (χ4v) is 5.45. The zero-order valence-corrected chi connectivity index (χ0v) is 20.2. The number of hydrogen-bond donors (Lipinski definition) is 1. The Morgan fingerprint density at radius 2 is 1.61 bits per heavy atom. The van der Waals surface area contributed by atoms with E-state index in [9.17, 15) is 14.4 Å². The molecule has 3 aliphatic rings. The van der Waals surface area contributed by atoms with Gasteiger partial charge in [-0.1, -0.05) is 69.9 Å². The maximum absolute atomic E-state index is 13.4. The monoisotopic (exact) mass is 453 g/mol. The van der Waals surface area contributed by atoms with E-state index >= 15 is 0 Å². The van der Waals surface area contributed by atoms with Gasteiger partial charge in [-0.3, -0.25) is 14.4 Å². The highest BCUT2D eigenvalue weighted by Crippen LogP contribution is 2.47. The van der Waals surface area contributed by atoms with E-state index in [1.54, 1.807) is 0 Å². The van der Waals surface area contributed by atoms with Crippen LogP contribution in [0.25, 0.3) is 0 Å². The highest BCUT2D eigenvalue weighted by molar-refractivity contribution is 5.90. The first-order valence-electron chi connectivity index (χ1n) is 12.9. The Balaban J connectivity index is 1.32. The third-order valence-electron chi connectivity index (χ3n) is 7.99. The van der Waals surface area contributed by atoms with E-state index in [-0.39, 0.29) is 41.4 Å². The molecule has 0 aromatic heterocycles. The average Bonchev–Trinajstić information content (AvgIpc) is 3.68. The zero-order chi connectivity index (χ0) is 23.4. The molecule has 180 valence electrons. The molecule has 3 amide bonds. The first kappa shape index (κ1) is 23.8. The van der Waals surface area contributed by atoms with Gasteiger partial charge in [0.2, 0.25) is 17.7 Å². The second-order valence-corrected chi connectivity index (χ2v) is 10.2. The lowest BCUT2D eigenvalue weighted by Crippen LogP contribution is -2.58. The van der Waals surface area contributed by atoms with Crippen molar-refractivity contribution in [2.45, 2.75) is 70.8 Å². The van der Waals surface area contributed by atoms with Crippen molar-refractivity contribution in [3.05, 3.63) is 35.9 Å². The minimum atomic E-state index is -0.500. The molecule has 1 aliphatic heterocycles. The van der Waals surface area contributed by atoms with Crippen LogP contribution in [0.15, 0.2) is 30.3 Å². The number of nitrogens with zero attached hydrogens (tertiary/aromatic N) is 2. The van der Waals surface area contributed by atoms with E-state index in [4.69, 9.17) is 0 Å². The van der Waals surface area contributed by atoms with Gasteiger partial charge in [-0.2, -0.15) is 0 Å². The standard InChI is InChI=1S/C27H39N3O3/c1-3-19(2)24(28-25(31)23-18-22(23)20-10-6-4-7-11-20)27(33)30-16-14-29(15-17-30)26(32)21-12-8-5-9-13-21/h4,6-7,10-11,19,21-24H,3,5,8-9,12-18H2,1-2H3,(H,28,31). The van der Waals surface area contributed by atoms with Crippen LogP contribution in [-0.2, 0) is 14.4 Å². The summed E-state index contributed by atoms with van der Waals surface area (Å²) in [5.41, 5.74) is 1.20. The Bertz CT molecular complexity index is 828. The number of nitrogens with one attached hydrogen (secondary N) is 1. The lowest BCUT2D eigenvalue weighted by molar-refractivity contribution is -0.145. The molecule has 3 fully saturated rings. The van der Waals surface area contributed by atoms with Crippen LogP contribution in [-0.4, -0.2) is 59.7 Å². The summed E-state index contributed by atoms with van der Waals surface area (Å²) < 4.78 is 0. The lowest BCUT2D eigenvalue weighted by atomic mass is 9.88. The molecule has 2 aliphatic carbocycles. The smallest absolute Gasteiger partial charge is 0.245 e. The molecule has 1 saturated heterocycles. The van der Waals surface area contributed by atoms with Gasteiger partial charge in [-0.15, -0.1) is 0 Å². The predicted molar refractivity (Wildman–Crippen MR) is 128 cm³/mol. The van der Waals surface area contributed by atoms with Crippen LogP contribution in [0.5, 0.6) is 0 Å². The van der Waals surface area contributed by atoms with Crippen LogP contribution < -0.4 is 5.32 Å². The Hall–Kier alpha value is -2.37. The number of rotatable bonds is 7. The molecule has 33 heavy (non-hydrogen) atoms. The molecule has 0 bridgehead atoms. The van der Waals surface area contributed by atoms with Gasteiger partial charge in [0.25, 0.3) is 0 Å². The highest BCUT2D eigenvalue weighted by Gasteiger charge is 2.45. The fraction of sp³-hybridized carbons (Fsp3) is 0.667. The first-order chi connectivity index (χ1) is 16.0. The molecule has 4 atom stereocenters. The van der Waals surface area contributed by atoms with Crippen molar-refractivity contribution in [2.75, 3.05) is 26.2 Å². The summed E-state index contributed by atoms with van der Waals surface area (Å²) in [6.45, 7) is 6.39. The van der Waals surface area contributed by atoms with Crippen LogP contribution in [0.1, 0.15) is 70.3 Å². The van der Waals surface area contributed by atoms with Crippen molar-refractivity contribution < 1.29 is 14.4 Å². The summed E-state index contributed by atoms with van der Waals surface area (Å²) in [4.78, 5) is 43.1. The maximum Gasteiger partial charge on any atom is 0.245 e. The minimum Gasteiger partial charge on any atom is -0.344 e. The third kappa shape index (κ3) is 5.59. The highest BCUT2D eigenvalue weighted by atomic mass is 16.2. The van der Waals surface area contributed by atoms with E-state index < -0.39 is 6.04 Å². The van der Waals surface area contributed by atoms with Gasteiger partial charge in [-0.05, 0) is 36.7 Å². The molecule has 4 rings (SSSR count). The normalized spacial score (nSPS) is 25.3. The molecule has 1 N–H and O–H groups in total. The Labute approximate surface area is 198 Å². The molecule has 6 heteroatoms. The molecule has 6 nitrogen and oxygen atoms in total. The lowest BCUT2D eigenvalue weighted by Gasteiger charge is -2.39. The maximum atomic E-state index is 13.4. The summed E-state index contributed by atoms with van der Waals surface area (Å²) in [7, 11) is 0. The number of carbonyl (C=O) groups is 3. The van der Waals surface area contributed by atoms with Crippen LogP contribution in [0.4, 0.5) is 0 Å². The van der Waals surface area contributed by atoms with E-state index in [0.29, 0.717) is 26.2 Å². The summed E-state index contributed by atoms with van der Waals surface area (Å²) in [6.07, 6.45) is 7.22. The van der Waals surface area contributed by atoms with E-state index in [0.717, 1.165) is 38.5 Å². The molecular weight excluding hydrogens is 414 g/mol. The summed E-state index contributed by atoms with van der Waals surface area (Å²) in [5.74, 6) is 0.716. The number of carbonyl (C=O) groups excluding carboxylic acids is 3. The van der Waals surface area contributed by atoms with Gasteiger partial charge in [-0.25, -0.2) is 0 Å². The summed E-state index contributed by atoms with van der Waals surface area (Å²) in [5, 5.41) is 3.10. The van der Waals surface area contributed by atoms with Gasteiger partial charge in [0, 0.05) is 38.0 Å². The van der Waals surface area contributed by atoms with Gasteiger partial charge in [0.15, 0.2) is 0 Å². The van der Waals surface area contributed by atoms with E-state index in [1.165, 1.54) is 12.0 Å². The van der Waals surface area contributed by atoms with Crippen LogP contribution in [0.2, 0.25) is 0 Å². The van der Waals surface area contributed by atoms with Gasteiger partial charge in [0.1, 0.15) is 6.04 Å². The van der Waals surface area contributed by atoms with E-state index in [1.807, 2.05) is 34.9 Å². The van der Waals surface area contributed by atoms with Crippen molar-refractivity contribution in [1.29, 1.82) is 0 Å². The number of hydrogen-bond acceptors (Lipinski definition) is 3. The third-order valence-corrected chi connectivity index (χ3v) is 7.99. The Morgan fingerprint density at radius 3 is 2.24 bits per heavy atom. The number of piperazine rings is 1. The zero-order valence-electron chi connectivity index (χ0n) is 20.2. The SMILES string of the molecule is CCC(C)C(NC(=O)C1CC1c1ccccc1)C(=O)N1CCN(C(=O)C2CCCCC2)CC1. The second-order valence-electron chi connectivity index (χ2n) is 10.2. The predicted octanol–water partition coefficient (Wildman–Crippen LogP) is 3.57. The van der Waals surface area contributed by atoms with Crippen molar-refractivity contribution in [3.63, 3.8) is 0 Å². The van der Waals surface area contributed by atoms with Gasteiger partial charge in [0.05, 0.1) is 0 Å². The van der Waals surface area contributed by atoms with Crippen molar-refractivity contribution in [1.82, 2.24) is 15.1 Å².